The summed E-state index contributed by atoms with van der Waals surface area (Å²) in [6.45, 7) is 2.28. The minimum atomic E-state index is -0.197. The van der Waals surface area contributed by atoms with Crippen LogP contribution in [0.5, 0.6) is 0 Å². The number of aryl methyl sites for hydroxylation is 1. The lowest BCUT2D eigenvalue weighted by atomic mass is 10.1. The zero-order chi connectivity index (χ0) is 13.4. The first-order chi connectivity index (χ1) is 9.19. The van der Waals surface area contributed by atoms with Crippen LogP contribution in [-0.4, -0.2) is 21.1 Å². The van der Waals surface area contributed by atoms with E-state index in [-0.39, 0.29) is 5.82 Å². The maximum absolute atomic E-state index is 13.3. The van der Waals surface area contributed by atoms with Gasteiger partial charge in [-0.2, -0.15) is 0 Å². The molecule has 0 fully saturated rings. The van der Waals surface area contributed by atoms with Crippen molar-refractivity contribution in [2.24, 2.45) is 5.73 Å². The number of thiazole rings is 1. The van der Waals surface area contributed by atoms with Crippen LogP contribution in [0.15, 0.2) is 23.6 Å². The van der Waals surface area contributed by atoms with E-state index >= 15 is 0 Å². The number of rotatable bonds is 3. The third-order valence-corrected chi connectivity index (χ3v) is 3.76. The quantitative estimate of drug-likeness (QED) is 0.799. The molecule has 0 spiro atoms. The molecular weight excluding hydrogens is 263 g/mol. The first-order valence-corrected chi connectivity index (χ1v) is 6.87. The Bertz CT molecular complexity index is 731. The average Bonchev–Trinajstić information content (AvgIpc) is 2.93. The van der Waals surface area contributed by atoms with Crippen molar-refractivity contribution in [1.82, 2.24) is 14.6 Å². The fraction of sp³-hybridized carbons (Fsp3) is 0.231. The lowest BCUT2D eigenvalue weighted by Crippen LogP contribution is -2.04. The van der Waals surface area contributed by atoms with Gasteiger partial charge in [-0.05, 0) is 37.2 Å². The first kappa shape index (κ1) is 12.3. The standard InChI is InChI=1S/C13H13FN4S/c1-8-6-9(2-3-10(8)14)11-7-19-13-16-12(4-5-15)17-18(11)13/h2-3,6-7H,4-5,15H2,1H3. The third kappa shape index (κ3) is 2.13. The highest BCUT2D eigenvalue weighted by atomic mass is 32.1. The number of hydrogen-bond acceptors (Lipinski definition) is 4. The lowest BCUT2D eigenvalue weighted by Gasteiger charge is -2.01. The highest BCUT2D eigenvalue weighted by Gasteiger charge is 2.11. The van der Waals surface area contributed by atoms with E-state index in [1.54, 1.807) is 17.5 Å². The van der Waals surface area contributed by atoms with Crippen molar-refractivity contribution in [3.05, 3.63) is 40.8 Å². The van der Waals surface area contributed by atoms with Crippen LogP contribution in [0.1, 0.15) is 11.4 Å². The molecule has 2 N–H and O–H groups in total. The molecule has 0 aliphatic carbocycles. The Balaban J connectivity index is 2.10. The molecule has 0 atom stereocenters. The molecular formula is C13H13FN4S. The topological polar surface area (TPSA) is 56.2 Å². The highest BCUT2D eigenvalue weighted by Crippen LogP contribution is 2.26. The predicted octanol–water partition coefficient (Wildman–Crippen LogP) is 2.41. The van der Waals surface area contributed by atoms with Crippen LogP contribution in [0.2, 0.25) is 0 Å². The van der Waals surface area contributed by atoms with Gasteiger partial charge in [-0.15, -0.1) is 16.4 Å². The monoisotopic (exact) mass is 276 g/mol. The number of halogens is 1. The van der Waals surface area contributed by atoms with Crippen LogP contribution < -0.4 is 5.73 Å². The number of aromatic nitrogens is 3. The Morgan fingerprint density at radius 2 is 2.26 bits per heavy atom. The van der Waals surface area contributed by atoms with Gasteiger partial charge in [-0.25, -0.2) is 13.9 Å². The zero-order valence-electron chi connectivity index (χ0n) is 10.4. The van der Waals surface area contributed by atoms with E-state index in [1.807, 2.05) is 11.4 Å². The Morgan fingerprint density at radius 1 is 1.42 bits per heavy atom. The molecule has 98 valence electrons. The largest absolute Gasteiger partial charge is 0.330 e. The normalized spacial score (nSPS) is 11.3. The van der Waals surface area contributed by atoms with Crippen molar-refractivity contribution in [2.45, 2.75) is 13.3 Å². The van der Waals surface area contributed by atoms with E-state index < -0.39 is 0 Å². The van der Waals surface area contributed by atoms with Gasteiger partial charge in [0.25, 0.3) is 0 Å². The predicted molar refractivity (Wildman–Crippen MR) is 73.8 cm³/mol. The highest BCUT2D eigenvalue weighted by molar-refractivity contribution is 7.15. The van der Waals surface area contributed by atoms with Crippen molar-refractivity contribution in [3.8, 4) is 11.3 Å². The molecule has 0 amide bonds. The summed E-state index contributed by atoms with van der Waals surface area (Å²) in [6, 6.07) is 5.06. The number of nitrogens with two attached hydrogens (primary N) is 1. The van der Waals surface area contributed by atoms with Crippen molar-refractivity contribution in [3.63, 3.8) is 0 Å². The number of fused-ring (bicyclic) bond motifs is 1. The summed E-state index contributed by atoms with van der Waals surface area (Å²) in [6.07, 6.45) is 0.663. The second-order valence-corrected chi connectivity index (χ2v) is 5.18. The van der Waals surface area contributed by atoms with Gasteiger partial charge in [-0.1, -0.05) is 0 Å². The Kier molecular flexibility index (Phi) is 3.04. The van der Waals surface area contributed by atoms with Gasteiger partial charge in [0.15, 0.2) is 5.82 Å². The summed E-state index contributed by atoms with van der Waals surface area (Å²) >= 11 is 1.52. The third-order valence-electron chi connectivity index (χ3n) is 2.95. The fourth-order valence-corrected chi connectivity index (χ4v) is 2.81. The molecule has 0 saturated heterocycles. The SMILES string of the molecule is Cc1cc(-c2csc3nc(CCN)nn23)ccc1F. The molecule has 0 aliphatic heterocycles. The Morgan fingerprint density at radius 3 is 3.00 bits per heavy atom. The molecule has 19 heavy (non-hydrogen) atoms. The van der Waals surface area contributed by atoms with Crippen molar-refractivity contribution in [2.75, 3.05) is 6.54 Å². The van der Waals surface area contributed by atoms with E-state index in [0.29, 0.717) is 18.5 Å². The lowest BCUT2D eigenvalue weighted by molar-refractivity contribution is 0.618. The molecule has 6 heteroatoms. The van der Waals surface area contributed by atoms with Crippen LogP contribution in [0.3, 0.4) is 0 Å². The molecule has 0 bridgehead atoms. The van der Waals surface area contributed by atoms with Crippen LogP contribution >= 0.6 is 11.3 Å². The number of hydrogen-bond donors (Lipinski definition) is 1. The van der Waals surface area contributed by atoms with E-state index in [9.17, 15) is 4.39 Å². The smallest absolute Gasteiger partial charge is 0.212 e. The molecule has 0 saturated carbocycles. The number of nitrogens with zero attached hydrogens (tertiary/aromatic N) is 3. The van der Waals surface area contributed by atoms with Crippen molar-refractivity contribution in [1.29, 1.82) is 0 Å². The van der Waals surface area contributed by atoms with Crippen LogP contribution in [0.25, 0.3) is 16.2 Å². The van der Waals surface area contributed by atoms with Crippen molar-refractivity contribution >= 4 is 16.3 Å². The van der Waals surface area contributed by atoms with E-state index in [1.165, 1.54) is 17.4 Å². The summed E-state index contributed by atoms with van der Waals surface area (Å²) in [4.78, 5) is 5.24. The molecule has 0 radical (unpaired) electrons. The Labute approximate surface area is 113 Å². The van der Waals surface area contributed by atoms with Gasteiger partial charge in [0, 0.05) is 17.4 Å². The molecule has 0 aliphatic rings. The fourth-order valence-electron chi connectivity index (χ4n) is 1.96. The second-order valence-electron chi connectivity index (χ2n) is 4.35. The van der Waals surface area contributed by atoms with E-state index in [0.717, 1.165) is 22.0 Å². The maximum Gasteiger partial charge on any atom is 0.212 e. The summed E-state index contributed by atoms with van der Waals surface area (Å²) in [5, 5.41) is 6.41. The zero-order valence-corrected chi connectivity index (χ0v) is 11.2. The van der Waals surface area contributed by atoms with Gasteiger partial charge < -0.3 is 5.73 Å². The molecule has 3 rings (SSSR count). The van der Waals surface area contributed by atoms with Gasteiger partial charge in [0.05, 0.1) is 5.69 Å². The minimum Gasteiger partial charge on any atom is -0.330 e. The van der Waals surface area contributed by atoms with Gasteiger partial charge in [0.1, 0.15) is 5.82 Å². The second kappa shape index (κ2) is 4.71. The summed E-state index contributed by atoms with van der Waals surface area (Å²) < 4.78 is 15.1. The summed E-state index contributed by atoms with van der Waals surface area (Å²) in [7, 11) is 0. The summed E-state index contributed by atoms with van der Waals surface area (Å²) in [5.41, 5.74) is 8.00. The molecule has 2 aromatic heterocycles. The van der Waals surface area contributed by atoms with Crippen molar-refractivity contribution < 1.29 is 4.39 Å². The molecule has 2 heterocycles. The van der Waals surface area contributed by atoms with Gasteiger partial charge in [0.2, 0.25) is 4.96 Å². The molecule has 1 aromatic carbocycles. The molecule has 3 aromatic rings. The van der Waals surface area contributed by atoms with Crippen LogP contribution in [0, 0.1) is 12.7 Å². The van der Waals surface area contributed by atoms with Crippen LogP contribution in [0.4, 0.5) is 4.39 Å². The minimum absolute atomic E-state index is 0.197. The van der Waals surface area contributed by atoms with Crippen LogP contribution in [-0.2, 0) is 6.42 Å². The summed E-state index contributed by atoms with van der Waals surface area (Å²) in [5.74, 6) is 0.548. The first-order valence-electron chi connectivity index (χ1n) is 5.99. The van der Waals surface area contributed by atoms with E-state index in [4.69, 9.17) is 5.73 Å². The maximum atomic E-state index is 13.3. The molecule has 4 nitrogen and oxygen atoms in total. The van der Waals surface area contributed by atoms with Gasteiger partial charge in [-0.3, -0.25) is 0 Å². The van der Waals surface area contributed by atoms with E-state index in [2.05, 4.69) is 10.1 Å². The number of benzene rings is 1. The Hall–Kier alpha value is -1.79. The average molecular weight is 276 g/mol. The molecule has 0 unspecified atom stereocenters. The van der Waals surface area contributed by atoms with Gasteiger partial charge >= 0.3 is 0 Å².